The molecule has 0 unspecified atom stereocenters. The highest BCUT2D eigenvalue weighted by Crippen LogP contribution is 2.41. The summed E-state index contributed by atoms with van der Waals surface area (Å²) < 4.78 is 96.8. The van der Waals surface area contributed by atoms with Gasteiger partial charge in [-0.25, -0.2) is 25.3 Å². The summed E-state index contributed by atoms with van der Waals surface area (Å²) in [6.45, 7) is 0. The third-order valence-corrected chi connectivity index (χ3v) is 4.70. The lowest BCUT2D eigenvalue weighted by atomic mass is 10.3. The summed E-state index contributed by atoms with van der Waals surface area (Å²) in [5.74, 6) is -3.88. The van der Waals surface area contributed by atoms with Crippen LogP contribution in [0, 0.1) is 0 Å². The summed E-state index contributed by atoms with van der Waals surface area (Å²) in [6.07, 6.45) is 0. The number of phenolic OH excluding ortho intramolecular Hbond substituents is 2. The van der Waals surface area contributed by atoms with E-state index in [0.717, 1.165) is 0 Å². The molecule has 0 amide bonds. The highest BCUT2D eigenvalue weighted by atomic mass is 32.2. The minimum absolute atomic E-state index is 0.315. The Morgan fingerprint density at radius 2 is 1.10 bits per heavy atom. The second-order valence-electron chi connectivity index (χ2n) is 3.26. The molecular weight excluding hydrogens is 344 g/mol. The molecule has 114 valence electrons. The summed E-state index contributed by atoms with van der Waals surface area (Å²) in [5.41, 5.74) is 0. The summed E-state index contributed by atoms with van der Waals surface area (Å²) in [5, 5.41) is 18.3. The maximum Gasteiger partial charge on any atom is 0.178 e. The van der Waals surface area contributed by atoms with Crippen molar-refractivity contribution in [1.82, 2.24) is 0 Å². The highest BCUT2D eigenvalue weighted by Gasteiger charge is 2.27. The Hall–Kier alpha value is -1.45. The van der Waals surface area contributed by atoms with Gasteiger partial charge in [-0.1, -0.05) is 0 Å². The van der Waals surface area contributed by atoms with Crippen LogP contribution in [0.1, 0.15) is 0 Å². The molecule has 2 N–H and O–H groups in total. The lowest BCUT2D eigenvalue weighted by molar-refractivity contribution is 0.367. The van der Waals surface area contributed by atoms with E-state index >= 15 is 0 Å². The first kappa shape index (κ1) is 16.6. The number of hydrogen-bond donors (Lipinski definition) is 2. The summed E-state index contributed by atoms with van der Waals surface area (Å²) >= 11 is 0. The average Bonchev–Trinajstić information content (AvgIpc) is 2.15. The van der Waals surface area contributed by atoms with Crippen molar-refractivity contribution in [3.63, 3.8) is 0 Å². The van der Waals surface area contributed by atoms with E-state index in [9.17, 15) is 44.0 Å². The van der Waals surface area contributed by atoms with Crippen LogP contribution in [0.25, 0.3) is 0 Å². The molecule has 0 aliphatic carbocycles. The Labute approximate surface area is 112 Å². The van der Waals surface area contributed by atoms with Crippen LogP contribution in [0.15, 0.2) is 20.8 Å². The van der Waals surface area contributed by atoms with Crippen LogP contribution in [0.2, 0.25) is 0 Å². The molecule has 1 rings (SSSR count). The van der Waals surface area contributed by atoms with E-state index in [1.54, 1.807) is 0 Å². The second kappa shape index (κ2) is 4.54. The zero-order valence-electron chi connectivity index (χ0n) is 8.87. The molecular formula is C6H3O11S3-3. The van der Waals surface area contributed by atoms with Gasteiger partial charge in [0.1, 0.15) is 40.1 Å². The van der Waals surface area contributed by atoms with Crippen molar-refractivity contribution in [2.75, 3.05) is 0 Å². The number of rotatable bonds is 3. The first-order chi connectivity index (χ1) is 8.67. The van der Waals surface area contributed by atoms with Crippen LogP contribution in [0.3, 0.4) is 0 Å². The molecule has 1 aromatic carbocycles. The smallest absolute Gasteiger partial charge is 0.178 e. The molecule has 0 saturated carbocycles. The van der Waals surface area contributed by atoms with E-state index in [0.29, 0.717) is 0 Å². The molecule has 20 heavy (non-hydrogen) atoms. The fraction of sp³-hybridized carbons (Fsp3) is 0. The minimum Gasteiger partial charge on any atom is -0.744 e. The number of benzene rings is 1. The number of hydrogen-bond acceptors (Lipinski definition) is 11. The molecule has 0 aromatic heterocycles. The zero-order valence-corrected chi connectivity index (χ0v) is 11.3. The third-order valence-electron chi connectivity index (χ3n) is 1.95. The van der Waals surface area contributed by atoms with Gasteiger partial charge in [-0.3, -0.25) is 0 Å². The first-order valence-electron chi connectivity index (χ1n) is 4.14. The van der Waals surface area contributed by atoms with Gasteiger partial charge in [-0.05, 0) is 6.07 Å². The lowest BCUT2D eigenvalue weighted by Crippen LogP contribution is -2.12. The molecule has 0 atom stereocenters. The van der Waals surface area contributed by atoms with E-state index in [1.807, 2.05) is 0 Å². The molecule has 0 fully saturated rings. The maximum atomic E-state index is 10.8. The van der Waals surface area contributed by atoms with Gasteiger partial charge in [0.05, 0.1) is 4.90 Å². The molecule has 11 nitrogen and oxygen atoms in total. The second-order valence-corrected chi connectivity index (χ2v) is 7.27. The topological polar surface area (TPSA) is 212 Å². The Bertz CT molecular complexity index is 875. The van der Waals surface area contributed by atoms with Crippen molar-refractivity contribution in [2.45, 2.75) is 14.7 Å². The average molecular weight is 347 g/mol. The molecule has 0 heterocycles. The van der Waals surface area contributed by atoms with Crippen molar-refractivity contribution in [1.29, 1.82) is 0 Å². The Morgan fingerprint density at radius 3 is 1.40 bits per heavy atom. The van der Waals surface area contributed by atoms with E-state index in [2.05, 4.69) is 0 Å². The van der Waals surface area contributed by atoms with Crippen molar-refractivity contribution in [2.24, 2.45) is 0 Å². The van der Waals surface area contributed by atoms with Crippen molar-refractivity contribution in [3.05, 3.63) is 6.07 Å². The van der Waals surface area contributed by atoms with Crippen LogP contribution < -0.4 is 0 Å². The van der Waals surface area contributed by atoms with Crippen LogP contribution in [-0.4, -0.2) is 49.1 Å². The quantitative estimate of drug-likeness (QED) is 0.442. The SMILES string of the molecule is O=S(=O)([O-])c1cc(S(=O)(=O)[O-])c(S(=O)(=O)[O-])c(O)c1O. The van der Waals surface area contributed by atoms with Gasteiger partial charge >= 0.3 is 0 Å². The lowest BCUT2D eigenvalue weighted by Gasteiger charge is -2.20. The monoisotopic (exact) mass is 347 g/mol. The summed E-state index contributed by atoms with van der Waals surface area (Å²) in [7, 11) is -17.1. The summed E-state index contributed by atoms with van der Waals surface area (Å²) in [6, 6.07) is -0.315. The minimum atomic E-state index is -5.77. The highest BCUT2D eigenvalue weighted by molar-refractivity contribution is 7.89. The Kier molecular flexibility index (Phi) is 3.77. The zero-order chi connectivity index (χ0) is 16.1. The maximum absolute atomic E-state index is 10.8. The van der Waals surface area contributed by atoms with E-state index < -0.39 is 56.5 Å². The van der Waals surface area contributed by atoms with E-state index in [4.69, 9.17) is 5.11 Å². The van der Waals surface area contributed by atoms with E-state index in [-0.39, 0.29) is 6.07 Å². The van der Waals surface area contributed by atoms with Gasteiger partial charge in [0.2, 0.25) is 0 Å². The van der Waals surface area contributed by atoms with Crippen LogP contribution in [0.4, 0.5) is 0 Å². The van der Waals surface area contributed by atoms with Crippen molar-refractivity contribution >= 4 is 30.4 Å². The molecule has 1 aromatic rings. The molecule has 0 saturated heterocycles. The first-order valence-corrected chi connectivity index (χ1v) is 8.36. The largest absolute Gasteiger partial charge is 0.744 e. The van der Waals surface area contributed by atoms with Gasteiger partial charge in [-0.15, -0.1) is 0 Å². The Morgan fingerprint density at radius 1 is 0.700 bits per heavy atom. The molecule has 0 aliphatic heterocycles. The normalized spacial score (nSPS) is 13.3. The third kappa shape index (κ3) is 3.00. The van der Waals surface area contributed by atoms with Gasteiger partial charge in [-0.2, -0.15) is 0 Å². The predicted octanol–water partition coefficient (Wildman–Crippen LogP) is -2.19. The van der Waals surface area contributed by atoms with Gasteiger partial charge < -0.3 is 23.9 Å². The molecule has 14 heteroatoms. The predicted molar refractivity (Wildman–Crippen MR) is 53.7 cm³/mol. The van der Waals surface area contributed by atoms with Gasteiger partial charge in [0.25, 0.3) is 0 Å². The fourth-order valence-electron chi connectivity index (χ4n) is 1.21. The van der Waals surface area contributed by atoms with Gasteiger partial charge in [0.15, 0.2) is 11.5 Å². The van der Waals surface area contributed by atoms with Crippen LogP contribution >= 0.6 is 0 Å². The number of aromatic hydroxyl groups is 2. The van der Waals surface area contributed by atoms with E-state index in [1.165, 1.54) is 0 Å². The molecule has 0 spiro atoms. The van der Waals surface area contributed by atoms with Crippen molar-refractivity contribution in [3.8, 4) is 11.5 Å². The van der Waals surface area contributed by atoms with Crippen molar-refractivity contribution < 1.29 is 49.1 Å². The Balaban J connectivity index is 4.17. The van der Waals surface area contributed by atoms with Crippen LogP contribution in [-0.2, 0) is 30.4 Å². The summed E-state index contributed by atoms with van der Waals surface area (Å²) in [4.78, 5) is -5.77. The standard InChI is InChI=1S/C6H6O11S3/c7-4-2(18(9,10)11)1-3(19(12,13)14)6(5(4)8)20(15,16)17/h1,7-8H,(H,9,10,11)(H,12,13,14)(H,15,16,17)/p-3. The van der Waals surface area contributed by atoms with Gasteiger partial charge in [0, 0.05) is 0 Å². The fourth-order valence-corrected chi connectivity index (χ4v) is 3.72. The number of phenols is 2. The van der Waals surface area contributed by atoms with Crippen LogP contribution in [0.5, 0.6) is 11.5 Å². The molecule has 0 radical (unpaired) electrons. The molecule has 0 bridgehead atoms. The molecule has 0 aliphatic rings.